The van der Waals surface area contributed by atoms with Crippen molar-refractivity contribution >= 4 is 11.6 Å². The van der Waals surface area contributed by atoms with Crippen molar-refractivity contribution in [1.29, 1.82) is 0 Å². The first-order chi connectivity index (χ1) is 8.74. The summed E-state index contributed by atoms with van der Waals surface area (Å²) in [7, 11) is 0. The minimum atomic E-state index is -0.0309. The molecule has 0 radical (unpaired) electrons. The SMILES string of the molecule is CCN(c1cccc(C)c1)c1ncc(CO)cn1. The highest BCUT2D eigenvalue weighted by atomic mass is 16.3. The lowest BCUT2D eigenvalue weighted by molar-refractivity contribution is 0.281. The normalized spacial score (nSPS) is 10.4. The van der Waals surface area contributed by atoms with Gasteiger partial charge in [-0.25, -0.2) is 9.97 Å². The molecule has 18 heavy (non-hydrogen) atoms. The molecule has 2 aromatic rings. The van der Waals surface area contributed by atoms with Crippen LogP contribution in [0.25, 0.3) is 0 Å². The molecule has 0 unspecified atom stereocenters. The van der Waals surface area contributed by atoms with Crippen LogP contribution in [0.2, 0.25) is 0 Å². The Morgan fingerprint density at radius 3 is 2.50 bits per heavy atom. The quantitative estimate of drug-likeness (QED) is 0.896. The summed E-state index contributed by atoms with van der Waals surface area (Å²) in [6.07, 6.45) is 3.31. The van der Waals surface area contributed by atoms with Crippen LogP contribution in [0, 0.1) is 6.92 Å². The van der Waals surface area contributed by atoms with Crippen LogP contribution in [0.15, 0.2) is 36.7 Å². The Balaban J connectivity index is 2.32. The Bertz CT molecular complexity index is 511. The summed E-state index contributed by atoms with van der Waals surface area (Å²) in [5.41, 5.74) is 3.01. The van der Waals surface area contributed by atoms with E-state index < -0.39 is 0 Å². The maximum Gasteiger partial charge on any atom is 0.229 e. The first-order valence-electron chi connectivity index (χ1n) is 6.00. The van der Waals surface area contributed by atoms with E-state index in [4.69, 9.17) is 5.11 Å². The second kappa shape index (κ2) is 5.60. The molecule has 4 heteroatoms. The molecule has 1 aromatic heterocycles. The van der Waals surface area contributed by atoms with E-state index in [2.05, 4.69) is 35.9 Å². The first kappa shape index (κ1) is 12.5. The lowest BCUT2D eigenvalue weighted by Crippen LogP contribution is -2.18. The van der Waals surface area contributed by atoms with Gasteiger partial charge in [-0.3, -0.25) is 0 Å². The number of aliphatic hydroxyl groups excluding tert-OH is 1. The number of aryl methyl sites for hydroxylation is 1. The van der Waals surface area contributed by atoms with Gasteiger partial charge in [0.15, 0.2) is 0 Å². The van der Waals surface area contributed by atoms with E-state index in [1.807, 2.05) is 17.0 Å². The highest BCUT2D eigenvalue weighted by Crippen LogP contribution is 2.22. The molecule has 0 bridgehead atoms. The average Bonchev–Trinajstić information content (AvgIpc) is 2.40. The summed E-state index contributed by atoms with van der Waals surface area (Å²) >= 11 is 0. The summed E-state index contributed by atoms with van der Waals surface area (Å²) in [4.78, 5) is 10.6. The fraction of sp³-hybridized carbons (Fsp3) is 0.286. The number of aromatic nitrogens is 2. The predicted octanol–water partition coefficient (Wildman–Crippen LogP) is 2.44. The fourth-order valence-electron chi connectivity index (χ4n) is 1.80. The first-order valence-corrected chi connectivity index (χ1v) is 6.00. The van der Waals surface area contributed by atoms with Crippen LogP contribution in [0.4, 0.5) is 11.6 Å². The Kier molecular flexibility index (Phi) is 3.89. The van der Waals surface area contributed by atoms with Crippen molar-refractivity contribution in [1.82, 2.24) is 9.97 Å². The zero-order chi connectivity index (χ0) is 13.0. The van der Waals surface area contributed by atoms with E-state index in [1.54, 1.807) is 12.4 Å². The van der Waals surface area contributed by atoms with Crippen LogP contribution in [0.1, 0.15) is 18.1 Å². The molecule has 0 aliphatic carbocycles. The van der Waals surface area contributed by atoms with Gasteiger partial charge in [0.25, 0.3) is 0 Å². The summed E-state index contributed by atoms with van der Waals surface area (Å²) in [6, 6.07) is 8.23. The molecule has 0 amide bonds. The number of aliphatic hydroxyl groups is 1. The van der Waals surface area contributed by atoms with Gasteiger partial charge in [-0.1, -0.05) is 12.1 Å². The smallest absolute Gasteiger partial charge is 0.229 e. The van der Waals surface area contributed by atoms with Gasteiger partial charge in [-0.05, 0) is 31.5 Å². The lowest BCUT2D eigenvalue weighted by atomic mass is 10.2. The molecule has 0 saturated heterocycles. The zero-order valence-electron chi connectivity index (χ0n) is 10.7. The maximum atomic E-state index is 8.98. The van der Waals surface area contributed by atoms with Crippen molar-refractivity contribution < 1.29 is 5.11 Å². The molecule has 2 rings (SSSR count). The second-order valence-corrected chi connectivity index (χ2v) is 4.13. The predicted molar refractivity (Wildman–Crippen MR) is 71.8 cm³/mol. The number of hydrogen-bond acceptors (Lipinski definition) is 4. The van der Waals surface area contributed by atoms with Crippen molar-refractivity contribution in [2.24, 2.45) is 0 Å². The standard InChI is InChI=1S/C14H17N3O/c1-3-17(13-6-4-5-11(2)7-13)14-15-8-12(10-18)9-16-14/h4-9,18H,3,10H2,1-2H3. The van der Waals surface area contributed by atoms with Crippen molar-refractivity contribution in [3.8, 4) is 0 Å². The molecule has 0 spiro atoms. The minimum Gasteiger partial charge on any atom is -0.392 e. The van der Waals surface area contributed by atoms with Gasteiger partial charge in [0.05, 0.1) is 6.61 Å². The largest absolute Gasteiger partial charge is 0.392 e. The van der Waals surface area contributed by atoms with E-state index in [0.717, 1.165) is 17.8 Å². The third-order valence-electron chi connectivity index (χ3n) is 2.75. The van der Waals surface area contributed by atoms with Crippen molar-refractivity contribution in [3.63, 3.8) is 0 Å². The molecule has 4 nitrogen and oxygen atoms in total. The number of rotatable bonds is 4. The van der Waals surface area contributed by atoms with E-state index >= 15 is 0 Å². The van der Waals surface area contributed by atoms with Gasteiger partial charge in [0.2, 0.25) is 5.95 Å². The Hall–Kier alpha value is -1.94. The second-order valence-electron chi connectivity index (χ2n) is 4.13. The average molecular weight is 243 g/mol. The van der Waals surface area contributed by atoms with E-state index in [0.29, 0.717) is 5.95 Å². The Morgan fingerprint density at radius 1 is 1.22 bits per heavy atom. The molecule has 1 N–H and O–H groups in total. The molecular weight excluding hydrogens is 226 g/mol. The van der Waals surface area contributed by atoms with Gasteiger partial charge in [0, 0.05) is 30.2 Å². The highest BCUT2D eigenvalue weighted by molar-refractivity contribution is 5.57. The third kappa shape index (κ3) is 2.65. The molecule has 0 aliphatic heterocycles. The number of nitrogens with zero attached hydrogens (tertiary/aromatic N) is 3. The third-order valence-corrected chi connectivity index (χ3v) is 2.75. The van der Waals surface area contributed by atoms with Gasteiger partial charge < -0.3 is 10.0 Å². The Labute approximate surface area is 107 Å². The molecule has 94 valence electrons. The summed E-state index contributed by atoms with van der Waals surface area (Å²) in [5, 5.41) is 8.98. The summed E-state index contributed by atoms with van der Waals surface area (Å²) in [6.45, 7) is 4.89. The van der Waals surface area contributed by atoms with Crippen LogP contribution in [0.3, 0.4) is 0 Å². The molecule has 1 aromatic carbocycles. The zero-order valence-corrected chi connectivity index (χ0v) is 10.7. The number of benzene rings is 1. The van der Waals surface area contributed by atoms with Crippen LogP contribution in [0.5, 0.6) is 0 Å². The van der Waals surface area contributed by atoms with Crippen molar-refractivity contribution in [3.05, 3.63) is 47.8 Å². The van der Waals surface area contributed by atoms with Crippen LogP contribution in [-0.4, -0.2) is 21.6 Å². The molecule has 0 atom stereocenters. The van der Waals surface area contributed by atoms with Gasteiger partial charge in [-0.15, -0.1) is 0 Å². The summed E-state index contributed by atoms with van der Waals surface area (Å²) < 4.78 is 0. The fourth-order valence-corrected chi connectivity index (χ4v) is 1.80. The topological polar surface area (TPSA) is 49.2 Å². The molecule has 0 fully saturated rings. The van der Waals surface area contributed by atoms with Crippen LogP contribution in [-0.2, 0) is 6.61 Å². The monoisotopic (exact) mass is 243 g/mol. The summed E-state index contributed by atoms with van der Waals surface area (Å²) in [5.74, 6) is 0.653. The number of anilines is 2. The van der Waals surface area contributed by atoms with Gasteiger partial charge in [-0.2, -0.15) is 0 Å². The minimum absolute atomic E-state index is 0.0309. The highest BCUT2D eigenvalue weighted by Gasteiger charge is 2.09. The van der Waals surface area contributed by atoms with E-state index in [9.17, 15) is 0 Å². The van der Waals surface area contributed by atoms with E-state index in [-0.39, 0.29) is 6.61 Å². The molecule has 1 heterocycles. The van der Waals surface area contributed by atoms with Gasteiger partial charge in [0.1, 0.15) is 0 Å². The van der Waals surface area contributed by atoms with E-state index in [1.165, 1.54) is 5.56 Å². The van der Waals surface area contributed by atoms with Crippen molar-refractivity contribution in [2.45, 2.75) is 20.5 Å². The number of hydrogen-bond donors (Lipinski definition) is 1. The molecule has 0 aliphatic rings. The van der Waals surface area contributed by atoms with Crippen molar-refractivity contribution in [2.75, 3.05) is 11.4 Å². The van der Waals surface area contributed by atoms with Crippen LogP contribution >= 0.6 is 0 Å². The molecular formula is C14H17N3O. The van der Waals surface area contributed by atoms with Crippen LogP contribution < -0.4 is 4.90 Å². The Morgan fingerprint density at radius 2 is 1.94 bits per heavy atom. The maximum absolute atomic E-state index is 8.98. The molecule has 0 saturated carbocycles. The lowest BCUT2D eigenvalue weighted by Gasteiger charge is -2.21. The van der Waals surface area contributed by atoms with Gasteiger partial charge >= 0.3 is 0 Å².